The van der Waals surface area contributed by atoms with Crippen molar-refractivity contribution in [1.82, 2.24) is 0 Å². The third kappa shape index (κ3) is 2.34. The van der Waals surface area contributed by atoms with Crippen molar-refractivity contribution in [2.24, 2.45) is 11.8 Å². The van der Waals surface area contributed by atoms with Gasteiger partial charge in [0.25, 0.3) is 5.69 Å². The third-order valence-corrected chi connectivity index (χ3v) is 8.05. The molecule has 0 radical (unpaired) electrons. The number of carbonyl (C=O) groups excluding carboxylic acids is 2. The molecule has 0 saturated carbocycles. The second-order valence-corrected chi connectivity index (χ2v) is 9.29. The lowest BCUT2D eigenvalue weighted by Gasteiger charge is -2.54. The molecule has 3 aromatic rings. The Labute approximate surface area is 194 Å². The zero-order valence-electron chi connectivity index (χ0n) is 17.7. The zero-order valence-corrected chi connectivity index (χ0v) is 18.5. The largest absolute Gasteiger partial charge is 0.274 e. The summed E-state index contributed by atoms with van der Waals surface area (Å²) in [5.41, 5.74) is 3.54. The maximum atomic E-state index is 14.0. The fourth-order valence-electron chi connectivity index (χ4n) is 6.55. The number of nitro groups is 1. The predicted octanol–water partition coefficient (Wildman–Crippen LogP) is 5.21. The van der Waals surface area contributed by atoms with E-state index in [1.54, 1.807) is 0 Å². The first-order valence-electron chi connectivity index (χ1n) is 10.9. The molecule has 3 aromatic carbocycles. The lowest BCUT2D eigenvalue weighted by molar-refractivity contribution is -0.384. The van der Waals surface area contributed by atoms with Crippen LogP contribution < -0.4 is 4.90 Å². The second-order valence-electron chi connectivity index (χ2n) is 8.89. The molecule has 3 aliphatic carbocycles. The molecular weight excluding hydrogens is 440 g/mol. The van der Waals surface area contributed by atoms with Gasteiger partial charge in [-0.2, -0.15) is 0 Å². The van der Waals surface area contributed by atoms with E-state index in [4.69, 9.17) is 11.6 Å². The molecular formula is C26H19ClN2O4. The topological polar surface area (TPSA) is 80.5 Å². The molecule has 0 unspecified atom stereocenters. The average molecular weight is 459 g/mol. The maximum absolute atomic E-state index is 14.0. The molecule has 2 amide bonds. The summed E-state index contributed by atoms with van der Waals surface area (Å²) in [5, 5.41) is 11.5. The molecule has 1 heterocycles. The van der Waals surface area contributed by atoms with Crippen LogP contribution in [0, 0.1) is 22.0 Å². The Balaban J connectivity index is 1.62. The van der Waals surface area contributed by atoms with E-state index in [9.17, 15) is 19.7 Å². The minimum absolute atomic E-state index is 0.0778. The Morgan fingerprint density at radius 1 is 0.970 bits per heavy atom. The molecule has 0 N–H and O–H groups in total. The van der Waals surface area contributed by atoms with E-state index < -0.39 is 22.2 Å². The number of rotatable bonds is 3. The highest BCUT2D eigenvalue weighted by molar-refractivity contribution is 6.36. The molecule has 0 aromatic heterocycles. The van der Waals surface area contributed by atoms with Gasteiger partial charge in [-0.15, -0.1) is 0 Å². The molecule has 33 heavy (non-hydrogen) atoms. The molecule has 2 atom stereocenters. The van der Waals surface area contributed by atoms with Gasteiger partial charge in [0.05, 0.1) is 27.5 Å². The minimum atomic E-state index is -0.652. The number of halogens is 1. The standard InChI is InChI=1S/C26H19ClN2O4/c1-2-26-17-9-5-3-7-15(17)21(16-8-4-6-10-18(16)26)22-23(26)25(31)28(24(22)30)20-13-14(29(32)33)11-12-19(20)27/h3-13,21-23H,2H2,1H3/t21?,22-,23-,26?/m1/s1. The lowest BCUT2D eigenvalue weighted by Crippen LogP contribution is -2.53. The van der Waals surface area contributed by atoms with Crippen LogP contribution in [0.25, 0.3) is 0 Å². The van der Waals surface area contributed by atoms with Crippen molar-refractivity contribution in [3.8, 4) is 0 Å². The fraction of sp³-hybridized carbons (Fsp3) is 0.231. The molecule has 6 nitrogen and oxygen atoms in total. The highest BCUT2D eigenvalue weighted by atomic mass is 35.5. The van der Waals surface area contributed by atoms with Gasteiger partial charge in [0.1, 0.15) is 0 Å². The van der Waals surface area contributed by atoms with E-state index in [0.717, 1.165) is 27.2 Å². The van der Waals surface area contributed by atoms with E-state index in [1.807, 2.05) is 24.3 Å². The van der Waals surface area contributed by atoms with Crippen molar-refractivity contribution in [1.29, 1.82) is 0 Å². The van der Waals surface area contributed by atoms with Crippen molar-refractivity contribution in [3.63, 3.8) is 0 Å². The molecule has 1 fully saturated rings. The second kappa shape index (κ2) is 6.75. The number of hydrogen-bond donors (Lipinski definition) is 0. The van der Waals surface area contributed by atoms with Crippen LogP contribution in [-0.2, 0) is 15.0 Å². The Morgan fingerprint density at radius 2 is 1.58 bits per heavy atom. The number of carbonyl (C=O) groups is 2. The molecule has 7 heteroatoms. The summed E-state index contributed by atoms with van der Waals surface area (Å²) in [4.78, 5) is 39.9. The number of amides is 2. The Hall–Kier alpha value is -3.51. The molecule has 1 aliphatic heterocycles. The summed E-state index contributed by atoms with van der Waals surface area (Å²) >= 11 is 6.38. The number of anilines is 1. The Morgan fingerprint density at radius 3 is 2.15 bits per heavy atom. The monoisotopic (exact) mass is 458 g/mol. The normalized spacial score (nSPS) is 26.7. The van der Waals surface area contributed by atoms with Gasteiger partial charge in [-0.1, -0.05) is 67.1 Å². The quantitative estimate of drug-likeness (QED) is 0.306. The van der Waals surface area contributed by atoms with Crippen LogP contribution in [0.1, 0.15) is 41.5 Å². The molecule has 164 valence electrons. The number of imide groups is 1. The summed E-state index contributed by atoms with van der Waals surface area (Å²) in [6.45, 7) is 2.05. The van der Waals surface area contributed by atoms with Crippen molar-refractivity contribution in [2.75, 3.05) is 4.90 Å². The van der Waals surface area contributed by atoms with Gasteiger partial charge in [-0.05, 0) is 34.7 Å². The van der Waals surface area contributed by atoms with Crippen LogP contribution in [0.2, 0.25) is 5.02 Å². The van der Waals surface area contributed by atoms with Crippen LogP contribution in [0.4, 0.5) is 11.4 Å². The van der Waals surface area contributed by atoms with Crippen LogP contribution in [0.3, 0.4) is 0 Å². The van der Waals surface area contributed by atoms with Crippen LogP contribution in [-0.4, -0.2) is 16.7 Å². The number of non-ortho nitro benzene ring substituents is 1. The summed E-state index contributed by atoms with van der Waals surface area (Å²) in [5.74, 6) is -2.13. The van der Waals surface area contributed by atoms with Gasteiger partial charge in [-0.3, -0.25) is 19.7 Å². The lowest BCUT2D eigenvalue weighted by atomic mass is 9.46. The highest BCUT2D eigenvalue weighted by Crippen LogP contribution is 2.65. The van der Waals surface area contributed by atoms with E-state index in [2.05, 4.69) is 31.2 Å². The van der Waals surface area contributed by atoms with Crippen LogP contribution >= 0.6 is 11.6 Å². The van der Waals surface area contributed by atoms with Gasteiger partial charge in [0.2, 0.25) is 11.8 Å². The maximum Gasteiger partial charge on any atom is 0.271 e. The van der Waals surface area contributed by atoms with Crippen molar-refractivity contribution < 1.29 is 14.5 Å². The highest BCUT2D eigenvalue weighted by Gasteiger charge is 2.67. The van der Waals surface area contributed by atoms with Crippen molar-refractivity contribution in [2.45, 2.75) is 24.7 Å². The number of benzene rings is 3. The van der Waals surface area contributed by atoms with E-state index in [-0.39, 0.29) is 34.1 Å². The van der Waals surface area contributed by atoms with Gasteiger partial charge in [-0.25, -0.2) is 4.90 Å². The first-order valence-corrected chi connectivity index (χ1v) is 11.3. The Kier molecular flexibility index (Phi) is 4.11. The summed E-state index contributed by atoms with van der Waals surface area (Å²) in [7, 11) is 0. The Bertz CT molecular complexity index is 1340. The number of nitrogens with zero attached hydrogens (tertiary/aromatic N) is 2. The van der Waals surface area contributed by atoms with Crippen molar-refractivity contribution in [3.05, 3.63) is 104 Å². The van der Waals surface area contributed by atoms with Gasteiger partial charge in [0.15, 0.2) is 0 Å². The smallest absolute Gasteiger partial charge is 0.271 e. The number of hydrogen-bond acceptors (Lipinski definition) is 4. The number of nitro benzene ring substituents is 1. The fourth-order valence-corrected chi connectivity index (χ4v) is 6.76. The SMILES string of the molecule is CCC12c3ccccc3C(c3ccccc31)[C@H]1C(=O)N(c3cc([N+](=O)[O-])ccc3Cl)C(=O)[C@@H]12. The van der Waals surface area contributed by atoms with Gasteiger partial charge in [0, 0.05) is 23.5 Å². The molecule has 2 bridgehead atoms. The predicted molar refractivity (Wildman–Crippen MR) is 123 cm³/mol. The van der Waals surface area contributed by atoms with E-state index in [0.29, 0.717) is 6.42 Å². The van der Waals surface area contributed by atoms with Gasteiger partial charge < -0.3 is 0 Å². The van der Waals surface area contributed by atoms with Crippen LogP contribution in [0.15, 0.2) is 66.7 Å². The van der Waals surface area contributed by atoms with E-state index >= 15 is 0 Å². The summed E-state index contributed by atoms with van der Waals surface area (Å²) in [6.07, 6.45) is 0.643. The van der Waals surface area contributed by atoms with E-state index in [1.165, 1.54) is 18.2 Å². The molecule has 0 spiro atoms. The molecule has 1 saturated heterocycles. The minimum Gasteiger partial charge on any atom is -0.274 e. The van der Waals surface area contributed by atoms with Gasteiger partial charge >= 0.3 is 0 Å². The zero-order chi connectivity index (χ0) is 23.1. The molecule has 4 aliphatic rings. The van der Waals surface area contributed by atoms with Crippen molar-refractivity contribution >= 4 is 34.8 Å². The first-order chi connectivity index (χ1) is 15.9. The third-order valence-electron chi connectivity index (χ3n) is 7.73. The average Bonchev–Trinajstić information content (AvgIpc) is 3.10. The summed E-state index contributed by atoms with van der Waals surface area (Å²) < 4.78 is 0. The molecule has 7 rings (SSSR count). The summed E-state index contributed by atoms with van der Waals surface area (Å²) in [6, 6.07) is 20.0. The first kappa shape index (κ1) is 20.1. The van der Waals surface area contributed by atoms with Crippen LogP contribution in [0.5, 0.6) is 0 Å².